The van der Waals surface area contributed by atoms with Gasteiger partial charge in [-0.05, 0) is 35.9 Å². The van der Waals surface area contributed by atoms with E-state index in [4.69, 9.17) is 28.2 Å². The lowest BCUT2D eigenvalue weighted by molar-refractivity contribution is -0.117. The SMILES string of the molecule is O=C(CN(Cc1ccccc1)C(=O)c1ccccc1Cl)Nc1nc(-c2ccccc2)cn1-c1cccc(Cl)c1. The molecule has 0 unspecified atom stereocenters. The Balaban J connectivity index is 1.45. The average molecular weight is 555 g/mol. The molecular formula is C31H24Cl2N4O2. The van der Waals surface area contributed by atoms with Crippen LogP contribution in [0.25, 0.3) is 16.9 Å². The van der Waals surface area contributed by atoms with Crippen LogP contribution >= 0.6 is 23.2 Å². The van der Waals surface area contributed by atoms with Crippen molar-refractivity contribution in [2.75, 3.05) is 11.9 Å². The number of hydrogen-bond acceptors (Lipinski definition) is 3. The summed E-state index contributed by atoms with van der Waals surface area (Å²) in [5, 5.41) is 3.78. The zero-order valence-corrected chi connectivity index (χ0v) is 22.3. The number of amides is 2. The van der Waals surface area contributed by atoms with Crippen LogP contribution < -0.4 is 5.32 Å². The Hall–Kier alpha value is -4.39. The van der Waals surface area contributed by atoms with Gasteiger partial charge in [-0.2, -0.15) is 0 Å². The Kier molecular flexibility index (Phi) is 8.06. The van der Waals surface area contributed by atoms with Gasteiger partial charge in [0.1, 0.15) is 6.54 Å². The molecule has 0 aliphatic heterocycles. The summed E-state index contributed by atoms with van der Waals surface area (Å²) >= 11 is 12.6. The molecule has 5 aromatic rings. The lowest BCUT2D eigenvalue weighted by Gasteiger charge is -2.23. The Morgan fingerprint density at radius 1 is 0.821 bits per heavy atom. The van der Waals surface area contributed by atoms with Crippen molar-refractivity contribution in [3.63, 3.8) is 0 Å². The van der Waals surface area contributed by atoms with Crippen LogP contribution in [0.5, 0.6) is 0 Å². The Labute approximate surface area is 236 Å². The second-order valence-corrected chi connectivity index (χ2v) is 9.68. The second-order valence-electron chi connectivity index (χ2n) is 8.84. The van der Waals surface area contributed by atoms with Gasteiger partial charge in [-0.25, -0.2) is 4.98 Å². The number of anilines is 1. The summed E-state index contributed by atoms with van der Waals surface area (Å²) in [4.78, 5) is 33.1. The van der Waals surface area contributed by atoms with Gasteiger partial charge in [0, 0.05) is 29.0 Å². The first-order valence-electron chi connectivity index (χ1n) is 12.3. The molecule has 1 N–H and O–H groups in total. The van der Waals surface area contributed by atoms with Crippen LogP contribution in [-0.4, -0.2) is 32.8 Å². The van der Waals surface area contributed by atoms with Crippen molar-refractivity contribution in [3.8, 4) is 16.9 Å². The summed E-state index contributed by atoms with van der Waals surface area (Å²) in [5.41, 5.74) is 3.53. The molecule has 1 aromatic heterocycles. The van der Waals surface area contributed by atoms with Crippen LogP contribution in [0.15, 0.2) is 115 Å². The van der Waals surface area contributed by atoms with Gasteiger partial charge in [0.25, 0.3) is 5.91 Å². The van der Waals surface area contributed by atoms with E-state index in [0.717, 1.165) is 16.8 Å². The van der Waals surface area contributed by atoms with E-state index < -0.39 is 5.91 Å². The molecule has 0 bridgehead atoms. The molecule has 0 aliphatic rings. The molecule has 5 rings (SSSR count). The zero-order chi connectivity index (χ0) is 27.2. The van der Waals surface area contributed by atoms with Gasteiger partial charge in [-0.3, -0.25) is 19.5 Å². The van der Waals surface area contributed by atoms with Crippen LogP contribution in [0.3, 0.4) is 0 Å². The third-order valence-electron chi connectivity index (χ3n) is 6.06. The number of aromatic nitrogens is 2. The highest BCUT2D eigenvalue weighted by molar-refractivity contribution is 6.33. The summed E-state index contributed by atoms with van der Waals surface area (Å²) in [5.74, 6) is -0.437. The van der Waals surface area contributed by atoms with Crippen molar-refractivity contribution in [1.29, 1.82) is 0 Å². The quantitative estimate of drug-likeness (QED) is 0.222. The molecule has 1 heterocycles. The Morgan fingerprint density at radius 2 is 1.51 bits per heavy atom. The van der Waals surface area contributed by atoms with Crippen molar-refractivity contribution in [3.05, 3.63) is 137 Å². The number of nitrogens with one attached hydrogen (secondary N) is 1. The number of benzene rings is 4. The molecule has 0 fully saturated rings. The first-order chi connectivity index (χ1) is 19.0. The normalized spacial score (nSPS) is 10.7. The van der Waals surface area contributed by atoms with Gasteiger partial charge in [0.05, 0.1) is 16.3 Å². The van der Waals surface area contributed by atoms with Crippen LogP contribution in [0.1, 0.15) is 15.9 Å². The molecule has 0 radical (unpaired) electrons. The predicted molar refractivity (Wildman–Crippen MR) is 155 cm³/mol. The maximum Gasteiger partial charge on any atom is 0.256 e. The third-order valence-corrected chi connectivity index (χ3v) is 6.62. The van der Waals surface area contributed by atoms with Crippen molar-refractivity contribution < 1.29 is 9.59 Å². The molecular weight excluding hydrogens is 531 g/mol. The summed E-state index contributed by atoms with van der Waals surface area (Å²) in [6, 6.07) is 33.2. The Bertz CT molecular complexity index is 1600. The topological polar surface area (TPSA) is 67.2 Å². The van der Waals surface area contributed by atoms with Gasteiger partial charge < -0.3 is 4.90 Å². The lowest BCUT2D eigenvalue weighted by atomic mass is 10.1. The second kappa shape index (κ2) is 12.0. The van der Waals surface area contributed by atoms with Crippen LogP contribution in [0.4, 0.5) is 5.95 Å². The monoisotopic (exact) mass is 554 g/mol. The highest BCUT2D eigenvalue weighted by atomic mass is 35.5. The van der Waals surface area contributed by atoms with Gasteiger partial charge in [0.2, 0.25) is 11.9 Å². The molecule has 0 aliphatic carbocycles. The summed E-state index contributed by atoms with van der Waals surface area (Å²) in [6.45, 7) is 0.0261. The zero-order valence-electron chi connectivity index (χ0n) is 20.8. The van der Waals surface area contributed by atoms with Gasteiger partial charge >= 0.3 is 0 Å². The fourth-order valence-corrected chi connectivity index (χ4v) is 4.59. The number of imidazole rings is 1. The smallest absolute Gasteiger partial charge is 0.256 e. The number of carbonyl (C=O) groups excluding carboxylic acids is 2. The van der Waals surface area contributed by atoms with E-state index >= 15 is 0 Å². The summed E-state index contributed by atoms with van der Waals surface area (Å²) in [7, 11) is 0. The van der Waals surface area contributed by atoms with E-state index in [9.17, 15) is 9.59 Å². The maximum absolute atomic E-state index is 13.5. The summed E-state index contributed by atoms with van der Waals surface area (Å²) < 4.78 is 1.77. The van der Waals surface area contributed by atoms with Crippen molar-refractivity contribution in [2.24, 2.45) is 0 Å². The minimum absolute atomic E-state index is 0.206. The highest BCUT2D eigenvalue weighted by Gasteiger charge is 2.23. The largest absolute Gasteiger partial charge is 0.325 e. The number of carbonyl (C=O) groups is 2. The molecule has 0 saturated heterocycles. The number of nitrogens with zero attached hydrogens (tertiary/aromatic N) is 3. The molecule has 6 nitrogen and oxygen atoms in total. The van der Waals surface area contributed by atoms with E-state index in [0.29, 0.717) is 27.3 Å². The van der Waals surface area contributed by atoms with E-state index in [1.54, 1.807) is 41.0 Å². The minimum atomic E-state index is -0.403. The lowest BCUT2D eigenvalue weighted by Crippen LogP contribution is -2.38. The maximum atomic E-state index is 13.5. The molecule has 39 heavy (non-hydrogen) atoms. The number of halogens is 2. The fraction of sp³-hybridized carbons (Fsp3) is 0.0645. The van der Waals surface area contributed by atoms with Crippen LogP contribution in [-0.2, 0) is 11.3 Å². The van der Waals surface area contributed by atoms with E-state index in [1.807, 2.05) is 79.0 Å². The predicted octanol–water partition coefficient (Wildman–Crippen LogP) is 7.13. The molecule has 2 amide bonds. The fourth-order valence-electron chi connectivity index (χ4n) is 4.19. The van der Waals surface area contributed by atoms with Gasteiger partial charge in [-0.15, -0.1) is 0 Å². The van der Waals surface area contributed by atoms with E-state index in [-0.39, 0.29) is 19.0 Å². The molecule has 0 saturated carbocycles. The van der Waals surface area contributed by atoms with Gasteiger partial charge in [0.15, 0.2) is 0 Å². The third kappa shape index (κ3) is 6.37. The van der Waals surface area contributed by atoms with Crippen molar-refractivity contribution in [1.82, 2.24) is 14.5 Å². The first kappa shape index (κ1) is 26.2. The average Bonchev–Trinajstić information content (AvgIpc) is 3.37. The van der Waals surface area contributed by atoms with Crippen molar-refractivity contribution >= 4 is 41.0 Å². The molecule has 8 heteroatoms. The molecule has 0 atom stereocenters. The Morgan fingerprint density at radius 3 is 2.23 bits per heavy atom. The van der Waals surface area contributed by atoms with E-state index in [1.165, 1.54) is 4.90 Å². The molecule has 4 aromatic carbocycles. The van der Waals surface area contributed by atoms with Crippen LogP contribution in [0.2, 0.25) is 10.0 Å². The molecule has 0 spiro atoms. The van der Waals surface area contributed by atoms with Crippen LogP contribution in [0, 0.1) is 0 Å². The minimum Gasteiger partial charge on any atom is -0.325 e. The number of hydrogen-bond donors (Lipinski definition) is 1. The first-order valence-corrected chi connectivity index (χ1v) is 13.0. The molecule has 194 valence electrons. The van der Waals surface area contributed by atoms with Gasteiger partial charge in [-0.1, -0.05) is 102 Å². The number of rotatable bonds is 8. The standard InChI is InChI=1S/C31H24Cl2N4O2/c32-24-14-9-15-25(18-24)37-20-28(23-12-5-2-6-13-23)34-31(37)35-29(38)21-36(19-22-10-3-1-4-11-22)30(39)26-16-7-8-17-27(26)33/h1-18,20H,19,21H2,(H,34,35,38). The van der Waals surface area contributed by atoms with Crippen molar-refractivity contribution in [2.45, 2.75) is 6.54 Å². The van der Waals surface area contributed by atoms with E-state index in [2.05, 4.69) is 5.32 Å². The highest BCUT2D eigenvalue weighted by Crippen LogP contribution is 2.26. The summed E-state index contributed by atoms with van der Waals surface area (Å²) in [6.07, 6.45) is 1.84.